The molecule has 1 saturated carbocycles. The van der Waals surface area contributed by atoms with Crippen molar-refractivity contribution in [3.05, 3.63) is 40.0 Å². The Kier molecular flexibility index (Phi) is 2.77. The Morgan fingerprint density at radius 1 is 0.950 bits per heavy atom. The van der Waals surface area contributed by atoms with Gasteiger partial charge in [0.05, 0.1) is 17.5 Å². The Morgan fingerprint density at radius 2 is 1.50 bits per heavy atom. The maximum Gasteiger partial charge on any atom is 0.238 e. The molecule has 0 unspecified atom stereocenters. The smallest absolute Gasteiger partial charge is 0.238 e. The molecule has 4 aliphatic rings. The summed E-state index contributed by atoms with van der Waals surface area (Å²) in [6, 6.07) is 7.61. The van der Waals surface area contributed by atoms with E-state index < -0.39 is 0 Å². The number of anilines is 1. The third-order valence-electron chi connectivity index (χ3n) is 4.85. The van der Waals surface area contributed by atoms with Crippen molar-refractivity contribution in [2.24, 2.45) is 23.7 Å². The van der Waals surface area contributed by atoms with Crippen molar-refractivity contribution in [2.45, 2.75) is 12.8 Å². The zero-order valence-electron chi connectivity index (χ0n) is 10.8. The maximum absolute atomic E-state index is 12.8. The van der Waals surface area contributed by atoms with E-state index in [1.165, 1.54) is 4.90 Å². The highest BCUT2D eigenvalue weighted by Gasteiger charge is 2.57. The molecule has 4 atom stereocenters. The van der Waals surface area contributed by atoms with Crippen molar-refractivity contribution in [2.75, 3.05) is 4.90 Å². The maximum atomic E-state index is 12.8. The topological polar surface area (TPSA) is 37.4 Å². The molecule has 2 bridgehead atoms. The SMILES string of the molecule is O=C1[C@@H]2[C@@H](C(=O)N1c1ccccc1I)[C@@H]1C=C[C@@H]2CC1. The molecule has 3 aliphatic carbocycles. The van der Waals surface area contributed by atoms with Crippen LogP contribution in [0, 0.1) is 27.2 Å². The van der Waals surface area contributed by atoms with Gasteiger partial charge in [-0.15, -0.1) is 0 Å². The van der Waals surface area contributed by atoms with Crippen LogP contribution in [0.4, 0.5) is 5.69 Å². The summed E-state index contributed by atoms with van der Waals surface area (Å²) in [7, 11) is 0. The first kappa shape index (κ1) is 12.6. The molecular formula is C16H14INO2. The first-order valence-electron chi connectivity index (χ1n) is 6.99. The lowest BCUT2D eigenvalue weighted by atomic mass is 9.63. The molecule has 102 valence electrons. The van der Waals surface area contributed by atoms with Gasteiger partial charge in [-0.3, -0.25) is 9.59 Å². The van der Waals surface area contributed by atoms with Gasteiger partial charge in [-0.1, -0.05) is 24.3 Å². The number of para-hydroxylation sites is 1. The van der Waals surface area contributed by atoms with Crippen LogP contribution in [0.1, 0.15) is 12.8 Å². The predicted octanol–water partition coefficient (Wildman–Crippen LogP) is 2.99. The van der Waals surface area contributed by atoms with Crippen molar-refractivity contribution < 1.29 is 9.59 Å². The van der Waals surface area contributed by atoms with Crippen molar-refractivity contribution in [3.8, 4) is 0 Å². The second-order valence-electron chi connectivity index (χ2n) is 5.80. The summed E-state index contributed by atoms with van der Waals surface area (Å²) >= 11 is 2.19. The van der Waals surface area contributed by atoms with Crippen molar-refractivity contribution >= 4 is 40.1 Å². The highest BCUT2D eigenvalue weighted by Crippen LogP contribution is 2.50. The van der Waals surface area contributed by atoms with Gasteiger partial charge < -0.3 is 0 Å². The molecule has 5 rings (SSSR count). The average molecular weight is 379 g/mol. The summed E-state index contributed by atoms with van der Waals surface area (Å²) in [5.74, 6) is 0.275. The van der Waals surface area contributed by atoms with Gasteiger partial charge in [-0.2, -0.15) is 0 Å². The molecule has 1 saturated heterocycles. The lowest BCUT2D eigenvalue weighted by Gasteiger charge is -2.38. The van der Waals surface area contributed by atoms with Crippen molar-refractivity contribution in [1.82, 2.24) is 0 Å². The van der Waals surface area contributed by atoms with Gasteiger partial charge in [0.15, 0.2) is 0 Å². The van der Waals surface area contributed by atoms with Gasteiger partial charge in [0.1, 0.15) is 0 Å². The molecule has 0 N–H and O–H groups in total. The van der Waals surface area contributed by atoms with Gasteiger partial charge in [0.2, 0.25) is 11.8 Å². The number of benzene rings is 1. The van der Waals surface area contributed by atoms with Crippen LogP contribution in [0.25, 0.3) is 0 Å². The number of hydrogen-bond donors (Lipinski definition) is 0. The van der Waals surface area contributed by atoms with Gasteiger partial charge in [-0.05, 0) is 59.4 Å². The molecule has 0 aromatic heterocycles. The van der Waals surface area contributed by atoms with Crippen LogP contribution in [-0.2, 0) is 9.59 Å². The first-order chi connectivity index (χ1) is 9.68. The molecule has 1 aliphatic heterocycles. The molecule has 1 aromatic rings. The second kappa shape index (κ2) is 4.41. The zero-order valence-corrected chi connectivity index (χ0v) is 13.0. The molecule has 1 heterocycles. The fraction of sp³-hybridized carbons (Fsp3) is 0.375. The van der Waals surface area contributed by atoms with Crippen LogP contribution in [-0.4, -0.2) is 11.8 Å². The largest absolute Gasteiger partial charge is 0.274 e. The fourth-order valence-electron chi connectivity index (χ4n) is 3.94. The summed E-state index contributed by atoms with van der Waals surface area (Å²) in [5.41, 5.74) is 0.747. The molecule has 0 spiro atoms. The summed E-state index contributed by atoms with van der Waals surface area (Å²) in [5, 5.41) is 0. The van der Waals surface area contributed by atoms with E-state index in [4.69, 9.17) is 0 Å². The van der Waals surface area contributed by atoms with Gasteiger partial charge in [0.25, 0.3) is 0 Å². The third kappa shape index (κ3) is 1.57. The molecule has 4 heteroatoms. The molecule has 2 fully saturated rings. The minimum Gasteiger partial charge on any atom is -0.274 e. The average Bonchev–Trinajstić information content (AvgIpc) is 2.75. The zero-order chi connectivity index (χ0) is 13.9. The molecule has 0 radical (unpaired) electrons. The monoisotopic (exact) mass is 379 g/mol. The van der Waals surface area contributed by atoms with Gasteiger partial charge >= 0.3 is 0 Å². The molecular weight excluding hydrogens is 365 g/mol. The quantitative estimate of drug-likeness (QED) is 0.428. The van der Waals surface area contributed by atoms with Crippen LogP contribution in [0.3, 0.4) is 0 Å². The molecule has 2 amide bonds. The van der Waals surface area contributed by atoms with Gasteiger partial charge in [0, 0.05) is 3.57 Å². The number of halogens is 1. The standard InChI is InChI=1S/C16H14INO2/c17-11-3-1-2-4-12(11)18-15(19)13-9-5-6-10(8-7-9)14(13)16(18)20/h1-6,9-10,13-14H,7-8H2/t9-,10-,13+,14+/m1/s1. The predicted molar refractivity (Wildman–Crippen MR) is 84.0 cm³/mol. The number of hydrogen-bond acceptors (Lipinski definition) is 2. The summed E-state index contributed by atoms with van der Waals surface area (Å²) < 4.78 is 0.950. The van der Waals surface area contributed by atoms with Crippen LogP contribution < -0.4 is 4.90 Å². The molecule has 20 heavy (non-hydrogen) atoms. The normalized spacial score (nSPS) is 34.8. The Balaban J connectivity index is 1.80. The number of amides is 2. The minimum absolute atomic E-state index is 0.00293. The Bertz CT molecular complexity index is 607. The van der Waals surface area contributed by atoms with E-state index in [-0.39, 0.29) is 35.5 Å². The highest BCUT2D eigenvalue weighted by molar-refractivity contribution is 14.1. The Morgan fingerprint density at radius 3 is 2.00 bits per heavy atom. The summed E-state index contributed by atoms with van der Waals surface area (Å²) in [4.78, 5) is 27.0. The van der Waals surface area contributed by atoms with Gasteiger partial charge in [-0.25, -0.2) is 4.90 Å². The van der Waals surface area contributed by atoms with Crippen LogP contribution >= 0.6 is 22.6 Å². The minimum atomic E-state index is -0.123. The second-order valence-corrected chi connectivity index (χ2v) is 6.97. The number of carbonyl (C=O) groups excluding carboxylic acids is 2. The van der Waals surface area contributed by atoms with E-state index in [2.05, 4.69) is 34.7 Å². The van der Waals surface area contributed by atoms with E-state index in [0.29, 0.717) is 0 Å². The summed E-state index contributed by atoms with van der Waals surface area (Å²) in [6.45, 7) is 0. The number of imide groups is 1. The molecule has 3 nitrogen and oxygen atoms in total. The summed E-state index contributed by atoms with van der Waals surface area (Å²) in [6.07, 6.45) is 6.39. The first-order valence-corrected chi connectivity index (χ1v) is 8.07. The number of rotatable bonds is 1. The number of fused-ring (bicyclic) bond motifs is 1. The molecule has 1 aromatic carbocycles. The number of allylic oxidation sites excluding steroid dienone is 2. The van der Waals surface area contributed by atoms with E-state index in [1.54, 1.807) is 0 Å². The number of carbonyl (C=O) groups is 2. The Labute approximate surface area is 131 Å². The fourth-order valence-corrected chi connectivity index (χ4v) is 4.57. The van der Waals surface area contributed by atoms with Crippen LogP contribution in [0.15, 0.2) is 36.4 Å². The van der Waals surface area contributed by atoms with E-state index in [0.717, 1.165) is 22.1 Å². The van der Waals surface area contributed by atoms with E-state index in [1.807, 2.05) is 24.3 Å². The highest BCUT2D eigenvalue weighted by atomic mass is 127. The third-order valence-corrected chi connectivity index (χ3v) is 5.76. The van der Waals surface area contributed by atoms with Crippen LogP contribution in [0.2, 0.25) is 0 Å². The lowest BCUT2D eigenvalue weighted by Crippen LogP contribution is -2.38. The van der Waals surface area contributed by atoms with Crippen LogP contribution in [0.5, 0.6) is 0 Å². The Hall–Kier alpha value is -1.17. The lowest BCUT2D eigenvalue weighted by molar-refractivity contribution is -0.124. The number of nitrogens with zero attached hydrogens (tertiary/aromatic N) is 1. The van der Waals surface area contributed by atoms with E-state index in [9.17, 15) is 9.59 Å². The van der Waals surface area contributed by atoms with Crippen molar-refractivity contribution in [1.29, 1.82) is 0 Å². The van der Waals surface area contributed by atoms with E-state index >= 15 is 0 Å². The van der Waals surface area contributed by atoms with Crippen molar-refractivity contribution in [3.63, 3.8) is 0 Å².